The molecule has 4 rings (SSSR count). The quantitative estimate of drug-likeness (QED) is 0.857. The van der Waals surface area contributed by atoms with E-state index in [2.05, 4.69) is 15.2 Å². The number of aromatic nitrogens is 1. The molecule has 2 aliphatic heterocycles. The van der Waals surface area contributed by atoms with E-state index in [4.69, 9.17) is 21.1 Å². The van der Waals surface area contributed by atoms with Crippen molar-refractivity contribution in [3.05, 3.63) is 39.3 Å². The zero-order valence-electron chi connectivity index (χ0n) is 14.2. The van der Waals surface area contributed by atoms with Gasteiger partial charge in [0.1, 0.15) is 16.0 Å². The molecule has 1 aromatic heterocycles. The molecule has 2 aromatic rings. The summed E-state index contributed by atoms with van der Waals surface area (Å²) < 4.78 is 11.1. The average molecular weight is 394 g/mol. The average Bonchev–Trinajstić information content (AvgIpc) is 3.34. The zero-order valence-corrected chi connectivity index (χ0v) is 15.8. The van der Waals surface area contributed by atoms with Crippen molar-refractivity contribution in [3.8, 4) is 0 Å². The number of hydrogen-bond acceptors (Lipinski definition) is 6. The van der Waals surface area contributed by atoms with Crippen LogP contribution in [0.4, 0.5) is 11.4 Å². The van der Waals surface area contributed by atoms with Gasteiger partial charge in [-0.3, -0.25) is 4.79 Å². The van der Waals surface area contributed by atoms with Gasteiger partial charge in [-0.15, -0.1) is 11.3 Å². The van der Waals surface area contributed by atoms with E-state index in [0.29, 0.717) is 28.8 Å². The summed E-state index contributed by atoms with van der Waals surface area (Å²) >= 11 is 7.54. The standard InChI is InChI=1S/C18H20ClN3O3S/c19-12-3-4-14(22-5-8-24-9-6-22)13(10-12)21-17(23)16-11-20-18(26-16)15-2-1-7-25-15/h3-4,10-11,15H,1-2,5-9H2,(H,21,23). The molecule has 2 saturated heterocycles. The summed E-state index contributed by atoms with van der Waals surface area (Å²) in [7, 11) is 0. The van der Waals surface area contributed by atoms with Crippen molar-refractivity contribution in [1.29, 1.82) is 0 Å². The molecular formula is C18H20ClN3O3S. The third-order valence-corrected chi connectivity index (χ3v) is 5.83. The van der Waals surface area contributed by atoms with Crippen molar-refractivity contribution < 1.29 is 14.3 Å². The molecule has 0 aliphatic carbocycles. The minimum absolute atomic E-state index is 0.0247. The number of benzene rings is 1. The third kappa shape index (κ3) is 3.86. The van der Waals surface area contributed by atoms with Crippen LogP contribution in [0, 0.1) is 0 Å². The lowest BCUT2D eigenvalue weighted by atomic mass is 10.2. The van der Waals surface area contributed by atoms with Crippen LogP contribution in [0.25, 0.3) is 0 Å². The van der Waals surface area contributed by atoms with Crippen molar-refractivity contribution in [2.75, 3.05) is 43.1 Å². The van der Waals surface area contributed by atoms with E-state index in [9.17, 15) is 4.79 Å². The number of carbonyl (C=O) groups excluding carboxylic acids is 1. The Bertz CT molecular complexity index is 786. The number of nitrogens with zero attached hydrogens (tertiary/aromatic N) is 2. The maximum absolute atomic E-state index is 12.7. The van der Waals surface area contributed by atoms with Crippen LogP contribution in [0.1, 0.15) is 33.6 Å². The number of halogens is 1. The minimum atomic E-state index is -0.177. The second-order valence-corrected chi connectivity index (χ2v) is 7.78. The fourth-order valence-electron chi connectivity index (χ4n) is 3.19. The number of ether oxygens (including phenoxy) is 2. The first kappa shape index (κ1) is 17.7. The number of amides is 1. The van der Waals surface area contributed by atoms with E-state index in [0.717, 1.165) is 43.2 Å². The zero-order chi connectivity index (χ0) is 17.9. The molecule has 8 heteroatoms. The second-order valence-electron chi connectivity index (χ2n) is 6.28. The normalized spacial score (nSPS) is 20.3. The summed E-state index contributed by atoms with van der Waals surface area (Å²) in [6, 6.07) is 5.56. The van der Waals surface area contributed by atoms with Crippen molar-refractivity contribution in [1.82, 2.24) is 4.98 Å². The van der Waals surface area contributed by atoms with Crippen molar-refractivity contribution >= 4 is 40.2 Å². The Labute approximate surface area is 161 Å². The molecule has 6 nitrogen and oxygen atoms in total. The fraction of sp³-hybridized carbons (Fsp3) is 0.444. The molecule has 1 amide bonds. The third-order valence-electron chi connectivity index (χ3n) is 4.51. The number of morpholine rings is 1. The maximum Gasteiger partial charge on any atom is 0.267 e. The number of carbonyl (C=O) groups is 1. The predicted molar refractivity (Wildman–Crippen MR) is 102 cm³/mol. The van der Waals surface area contributed by atoms with Crippen molar-refractivity contribution in [2.45, 2.75) is 18.9 Å². The molecule has 2 aliphatic rings. The summed E-state index contributed by atoms with van der Waals surface area (Å²) in [5.74, 6) is -0.177. The molecule has 26 heavy (non-hydrogen) atoms. The van der Waals surface area contributed by atoms with Gasteiger partial charge in [-0.2, -0.15) is 0 Å². The van der Waals surface area contributed by atoms with Gasteiger partial charge in [-0.05, 0) is 31.0 Å². The lowest BCUT2D eigenvalue weighted by Gasteiger charge is -2.30. The Kier molecular flexibility index (Phi) is 5.40. The molecule has 138 valence electrons. The van der Waals surface area contributed by atoms with Gasteiger partial charge in [0.05, 0.1) is 30.8 Å². The molecule has 0 bridgehead atoms. The Hall–Kier alpha value is -1.67. The summed E-state index contributed by atoms with van der Waals surface area (Å²) in [4.78, 5) is 19.9. The Morgan fingerprint density at radius 1 is 1.31 bits per heavy atom. The van der Waals surface area contributed by atoms with Crippen LogP contribution in [0.3, 0.4) is 0 Å². The van der Waals surface area contributed by atoms with Gasteiger partial charge in [0.25, 0.3) is 5.91 Å². The van der Waals surface area contributed by atoms with E-state index >= 15 is 0 Å². The SMILES string of the molecule is O=C(Nc1cc(Cl)ccc1N1CCOCC1)c1cnc(C2CCCO2)s1. The van der Waals surface area contributed by atoms with Gasteiger partial charge in [0.2, 0.25) is 0 Å². The highest BCUT2D eigenvalue weighted by atomic mass is 35.5. The highest BCUT2D eigenvalue weighted by molar-refractivity contribution is 7.13. The molecule has 1 unspecified atom stereocenters. The van der Waals surface area contributed by atoms with E-state index in [1.807, 2.05) is 12.1 Å². The molecule has 0 spiro atoms. The van der Waals surface area contributed by atoms with Gasteiger partial charge in [0, 0.05) is 24.7 Å². The Balaban J connectivity index is 1.52. The number of hydrogen-bond donors (Lipinski definition) is 1. The lowest BCUT2D eigenvalue weighted by molar-refractivity contribution is 0.103. The minimum Gasteiger partial charge on any atom is -0.378 e. The number of nitrogens with one attached hydrogen (secondary N) is 1. The largest absolute Gasteiger partial charge is 0.378 e. The first-order valence-electron chi connectivity index (χ1n) is 8.71. The summed E-state index contributed by atoms with van der Waals surface area (Å²) in [6.07, 6.45) is 3.65. The van der Waals surface area contributed by atoms with Crippen molar-refractivity contribution in [2.24, 2.45) is 0 Å². The van der Waals surface area contributed by atoms with Crippen molar-refractivity contribution in [3.63, 3.8) is 0 Å². The first-order chi connectivity index (χ1) is 12.7. The Morgan fingerprint density at radius 2 is 2.15 bits per heavy atom. The summed E-state index contributed by atoms with van der Waals surface area (Å²) in [5, 5.41) is 4.45. The number of thiazole rings is 1. The van der Waals surface area contributed by atoms with Gasteiger partial charge < -0.3 is 19.7 Å². The Morgan fingerprint density at radius 3 is 2.92 bits per heavy atom. The van der Waals surface area contributed by atoms with Crippen LogP contribution < -0.4 is 10.2 Å². The fourth-order valence-corrected chi connectivity index (χ4v) is 4.26. The number of anilines is 2. The predicted octanol–water partition coefficient (Wildman–Crippen LogP) is 3.74. The second kappa shape index (κ2) is 7.92. The molecular weight excluding hydrogens is 374 g/mol. The van der Waals surface area contributed by atoms with E-state index < -0.39 is 0 Å². The molecule has 1 atom stereocenters. The van der Waals surface area contributed by atoms with Gasteiger partial charge >= 0.3 is 0 Å². The molecule has 2 fully saturated rings. The van der Waals surface area contributed by atoms with Crippen LogP contribution in [0.2, 0.25) is 5.02 Å². The highest BCUT2D eigenvalue weighted by Gasteiger charge is 2.23. The number of rotatable bonds is 4. The highest BCUT2D eigenvalue weighted by Crippen LogP contribution is 2.33. The first-order valence-corrected chi connectivity index (χ1v) is 9.91. The topological polar surface area (TPSA) is 63.7 Å². The molecule has 3 heterocycles. The molecule has 0 saturated carbocycles. The molecule has 1 N–H and O–H groups in total. The van der Waals surface area contributed by atoms with Crippen LogP contribution in [0.5, 0.6) is 0 Å². The van der Waals surface area contributed by atoms with Gasteiger partial charge in [-0.25, -0.2) is 4.98 Å². The lowest BCUT2D eigenvalue weighted by Crippen LogP contribution is -2.36. The van der Waals surface area contributed by atoms with E-state index in [-0.39, 0.29) is 12.0 Å². The maximum atomic E-state index is 12.7. The van der Waals surface area contributed by atoms with Crippen LogP contribution in [-0.2, 0) is 9.47 Å². The monoisotopic (exact) mass is 393 g/mol. The van der Waals surface area contributed by atoms with Crippen LogP contribution >= 0.6 is 22.9 Å². The van der Waals surface area contributed by atoms with Gasteiger partial charge in [-0.1, -0.05) is 11.6 Å². The molecule has 0 radical (unpaired) electrons. The van der Waals surface area contributed by atoms with E-state index in [1.54, 1.807) is 12.3 Å². The van der Waals surface area contributed by atoms with Crippen LogP contribution in [0.15, 0.2) is 24.4 Å². The van der Waals surface area contributed by atoms with Crippen LogP contribution in [-0.4, -0.2) is 43.8 Å². The smallest absolute Gasteiger partial charge is 0.267 e. The van der Waals surface area contributed by atoms with E-state index in [1.165, 1.54) is 11.3 Å². The van der Waals surface area contributed by atoms with Gasteiger partial charge in [0.15, 0.2) is 0 Å². The summed E-state index contributed by atoms with van der Waals surface area (Å²) in [6.45, 7) is 3.69. The summed E-state index contributed by atoms with van der Waals surface area (Å²) in [5.41, 5.74) is 1.66. The molecule has 1 aromatic carbocycles.